The van der Waals surface area contributed by atoms with Gasteiger partial charge in [-0.15, -0.1) is 5.11 Å². The molecule has 0 saturated heterocycles. The largest absolute Gasteiger partial charge is 0.505 e. The van der Waals surface area contributed by atoms with E-state index in [2.05, 4.69) is 15.5 Å². The van der Waals surface area contributed by atoms with Crippen LogP contribution in [0.25, 0.3) is 10.8 Å². The van der Waals surface area contributed by atoms with E-state index < -0.39 is 20.8 Å². The van der Waals surface area contributed by atoms with Crippen molar-refractivity contribution in [2.75, 3.05) is 19.5 Å². The summed E-state index contributed by atoms with van der Waals surface area (Å²) >= 11 is 0. The summed E-state index contributed by atoms with van der Waals surface area (Å²) in [4.78, 5) is -0.523. The number of ether oxygens (including phenoxy) is 1. The number of fused-ring (bicyclic) bond motifs is 1. The van der Waals surface area contributed by atoms with Gasteiger partial charge >= 0.3 is 0 Å². The Balaban J connectivity index is 0.00000320. The van der Waals surface area contributed by atoms with Crippen LogP contribution < -0.4 is 10.1 Å². The number of rotatable bonds is 5. The molecule has 30 heavy (non-hydrogen) atoms. The quantitative estimate of drug-likeness (QED) is 0.362. The number of methoxy groups -OCH3 is 1. The molecule has 3 aromatic carbocycles. The lowest BCUT2D eigenvalue weighted by Crippen LogP contribution is -2.00. The second-order valence-electron chi connectivity index (χ2n) is 6.56. The first-order valence-corrected chi connectivity index (χ1v) is 10.1. The number of hydrogen-bond donors (Lipinski definition) is 3. The molecule has 0 amide bonds. The first kappa shape index (κ1) is 23.1. The van der Waals surface area contributed by atoms with Crippen molar-refractivity contribution in [1.29, 1.82) is 0 Å². The van der Waals surface area contributed by atoms with Crippen LogP contribution >= 0.6 is 0 Å². The van der Waals surface area contributed by atoms with E-state index in [4.69, 9.17) is 4.74 Å². The van der Waals surface area contributed by atoms with E-state index in [0.717, 1.165) is 11.1 Å². The number of aromatic hydroxyl groups is 1. The predicted octanol–water partition coefficient (Wildman–Crippen LogP) is 5.51. The number of hydrogen-bond acceptors (Lipinski definition) is 7. The van der Waals surface area contributed by atoms with Gasteiger partial charge in [0, 0.05) is 18.1 Å². The smallest absolute Gasteiger partial charge is 0.296 e. The van der Waals surface area contributed by atoms with Gasteiger partial charge in [-0.3, -0.25) is 4.55 Å². The minimum Gasteiger partial charge on any atom is -0.505 e. The van der Waals surface area contributed by atoms with Crippen molar-refractivity contribution in [3.05, 3.63) is 47.5 Å². The van der Waals surface area contributed by atoms with Crippen molar-refractivity contribution < 1.29 is 22.8 Å². The topological polar surface area (TPSA) is 121 Å². The molecular weight excluding hydrogens is 406 g/mol. The molecule has 0 aromatic heterocycles. The molecule has 160 valence electrons. The third-order valence-electron chi connectivity index (χ3n) is 4.50. The first-order chi connectivity index (χ1) is 13.7. The molecular formula is C21H25N3O5S. The highest BCUT2D eigenvalue weighted by Gasteiger charge is 2.23. The summed E-state index contributed by atoms with van der Waals surface area (Å²) in [5.41, 5.74) is 2.32. The maximum Gasteiger partial charge on any atom is 0.296 e. The molecule has 0 fully saturated rings. The second kappa shape index (κ2) is 8.68. The zero-order valence-electron chi connectivity index (χ0n) is 16.4. The third kappa shape index (κ3) is 4.37. The zero-order chi connectivity index (χ0) is 21.3. The minimum absolute atomic E-state index is 0. The van der Waals surface area contributed by atoms with Crippen molar-refractivity contribution in [2.45, 2.75) is 26.2 Å². The van der Waals surface area contributed by atoms with Crippen molar-refractivity contribution in [1.82, 2.24) is 0 Å². The van der Waals surface area contributed by atoms with Gasteiger partial charge in [-0.05, 0) is 60.7 Å². The molecule has 3 N–H and O–H groups in total. The van der Waals surface area contributed by atoms with Crippen LogP contribution in [-0.2, 0) is 10.1 Å². The summed E-state index contributed by atoms with van der Waals surface area (Å²) in [7, 11) is -1.43. The Morgan fingerprint density at radius 3 is 2.33 bits per heavy atom. The van der Waals surface area contributed by atoms with E-state index in [9.17, 15) is 18.1 Å². The molecule has 3 rings (SSSR count). The normalized spacial score (nSPS) is 11.5. The Morgan fingerprint density at radius 1 is 1.07 bits per heavy atom. The number of phenolic OH excluding ortho intramolecular Hbond substituents is 1. The Bertz CT molecular complexity index is 1240. The van der Waals surface area contributed by atoms with Gasteiger partial charge in [-0.25, -0.2) is 0 Å². The van der Waals surface area contributed by atoms with E-state index in [-0.39, 0.29) is 13.1 Å². The Morgan fingerprint density at radius 2 is 1.77 bits per heavy atom. The van der Waals surface area contributed by atoms with Crippen molar-refractivity contribution in [3.63, 3.8) is 0 Å². The molecule has 0 atom stereocenters. The molecule has 8 nitrogen and oxygen atoms in total. The Labute approximate surface area is 176 Å². The van der Waals surface area contributed by atoms with E-state index >= 15 is 0 Å². The minimum atomic E-state index is -4.66. The average molecular weight is 432 g/mol. The first-order valence-electron chi connectivity index (χ1n) is 8.67. The SMILES string of the molecule is C.CNc1cc(C)cc2cc(S(=O)(=O)O)c(N=Nc3ccc(OC)cc3C)c(O)c12. The third-order valence-corrected chi connectivity index (χ3v) is 5.37. The molecule has 0 spiro atoms. The number of anilines is 1. The highest BCUT2D eigenvalue weighted by Crippen LogP contribution is 2.44. The number of aryl methyl sites for hydroxylation is 2. The number of nitrogens with one attached hydrogen (secondary N) is 1. The number of phenols is 1. The molecule has 0 radical (unpaired) electrons. The van der Waals surface area contributed by atoms with Crippen LogP contribution in [-0.4, -0.2) is 32.2 Å². The van der Waals surface area contributed by atoms with Gasteiger partial charge < -0.3 is 15.2 Å². The van der Waals surface area contributed by atoms with Gasteiger partial charge in [0.05, 0.1) is 12.8 Å². The van der Waals surface area contributed by atoms with E-state index in [0.29, 0.717) is 27.9 Å². The molecule has 0 aliphatic heterocycles. The molecule has 0 aliphatic carbocycles. The highest BCUT2D eigenvalue weighted by atomic mass is 32.2. The van der Waals surface area contributed by atoms with Crippen molar-refractivity contribution >= 4 is 38.0 Å². The molecule has 0 heterocycles. The van der Waals surface area contributed by atoms with Crippen LogP contribution in [0.2, 0.25) is 0 Å². The fourth-order valence-corrected chi connectivity index (χ4v) is 3.76. The summed E-state index contributed by atoms with van der Waals surface area (Å²) in [5, 5.41) is 22.7. The van der Waals surface area contributed by atoms with Gasteiger partial charge in [0.2, 0.25) is 0 Å². The fourth-order valence-electron chi connectivity index (χ4n) is 3.10. The van der Waals surface area contributed by atoms with E-state index in [1.165, 1.54) is 6.07 Å². The lowest BCUT2D eigenvalue weighted by atomic mass is 10.0. The van der Waals surface area contributed by atoms with Gasteiger partial charge in [0.25, 0.3) is 10.1 Å². The number of benzene rings is 3. The number of nitrogens with zero attached hydrogens (tertiary/aromatic N) is 2. The second-order valence-corrected chi connectivity index (χ2v) is 7.95. The van der Waals surface area contributed by atoms with Gasteiger partial charge in [0.15, 0.2) is 5.75 Å². The van der Waals surface area contributed by atoms with E-state index in [1.807, 2.05) is 13.0 Å². The molecule has 3 aromatic rings. The van der Waals surface area contributed by atoms with Crippen LogP contribution in [0.1, 0.15) is 18.6 Å². The summed E-state index contributed by atoms with van der Waals surface area (Å²) in [5.74, 6) is 0.247. The molecule has 9 heteroatoms. The lowest BCUT2D eigenvalue weighted by molar-refractivity contribution is 0.414. The van der Waals surface area contributed by atoms with E-state index in [1.54, 1.807) is 45.3 Å². The van der Waals surface area contributed by atoms with Crippen molar-refractivity contribution in [3.8, 4) is 11.5 Å². The fraction of sp³-hybridized carbons (Fsp3) is 0.238. The van der Waals surface area contributed by atoms with Crippen LogP contribution in [0.5, 0.6) is 11.5 Å². The van der Waals surface area contributed by atoms with Crippen LogP contribution in [0, 0.1) is 13.8 Å². The monoisotopic (exact) mass is 431 g/mol. The molecule has 0 aliphatic rings. The number of azo groups is 1. The highest BCUT2D eigenvalue weighted by molar-refractivity contribution is 7.86. The predicted molar refractivity (Wildman–Crippen MR) is 118 cm³/mol. The Hall–Kier alpha value is -3.17. The maximum atomic E-state index is 12.0. The van der Waals surface area contributed by atoms with Gasteiger partial charge in [-0.1, -0.05) is 13.5 Å². The lowest BCUT2D eigenvalue weighted by Gasteiger charge is -2.13. The molecule has 0 unspecified atom stereocenters. The van der Waals surface area contributed by atoms with Gasteiger partial charge in [0.1, 0.15) is 16.3 Å². The van der Waals surface area contributed by atoms with Crippen LogP contribution in [0.15, 0.2) is 51.5 Å². The standard InChI is InChI=1S/C20H21N3O5S.CH4/c1-11-7-13-10-17(29(25,26)27)19(20(24)18(13)16(8-11)21-3)23-22-15-6-5-14(28-4)9-12(15)2;/h5-10,21,24H,1-4H3,(H,25,26,27);1H4. The van der Waals surface area contributed by atoms with Crippen LogP contribution in [0.3, 0.4) is 0 Å². The zero-order valence-corrected chi connectivity index (χ0v) is 17.2. The Kier molecular flexibility index (Phi) is 6.69. The molecule has 0 saturated carbocycles. The van der Waals surface area contributed by atoms with Crippen LogP contribution in [0.4, 0.5) is 17.1 Å². The summed E-state index contributed by atoms with van der Waals surface area (Å²) in [6.45, 7) is 3.63. The summed E-state index contributed by atoms with van der Waals surface area (Å²) < 4.78 is 38.8. The summed E-state index contributed by atoms with van der Waals surface area (Å²) in [6, 6.07) is 9.88. The molecule has 0 bridgehead atoms. The van der Waals surface area contributed by atoms with Gasteiger partial charge in [-0.2, -0.15) is 13.5 Å². The maximum absolute atomic E-state index is 12.0. The average Bonchev–Trinajstić information content (AvgIpc) is 2.66. The van der Waals surface area contributed by atoms with Crippen molar-refractivity contribution in [2.24, 2.45) is 10.2 Å². The summed E-state index contributed by atoms with van der Waals surface area (Å²) in [6.07, 6.45) is 0.